The van der Waals surface area contributed by atoms with E-state index in [4.69, 9.17) is 0 Å². The molecule has 6 nitrogen and oxygen atoms in total. The molecular weight excluding hydrogens is 362 g/mol. The average molecular weight is 381 g/mol. The van der Waals surface area contributed by atoms with Gasteiger partial charge in [0.25, 0.3) is 5.91 Å². The Balaban J connectivity index is 1.90. The second-order valence-corrected chi connectivity index (χ2v) is 7.71. The van der Waals surface area contributed by atoms with Crippen molar-refractivity contribution in [3.05, 3.63) is 95.6 Å². The van der Waals surface area contributed by atoms with E-state index in [1.165, 1.54) is 31.3 Å². The van der Waals surface area contributed by atoms with Crippen LogP contribution in [0.5, 0.6) is 0 Å². The molecule has 1 aromatic heterocycles. The lowest BCUT2D eigenvalue weighted by Gasteiger charge is -2.07. The molecule has 0 saturated carbocycles. The number of amides is 1. The van der Waals surface area contributed by atoms with Crippen LogP contribution in [-0.2, 0) is 16.6 Å². The van der Waals surface area contributed by atoms with Gasteiger partial charge in [-0.15, -0.1) is 0 Å². The van der Waals surface area contributed by atoms with Crippen LogP contribution in [0.1, 0.15) is 15.9 Å². The van der Waals surface area contributed by atoms with Crippen LogP contribution in [0.4, 0.5) is 0 Å². The van der Waals surface area contributed by atoms with Crippen LogP contribution in [0.25, 0.3) is 0 Å². The fraction of sp³-hybridized carbons (Fsp3) is 0.100. The Labute approximate surface area is 157 Å². The molecule has 0 bridgehead atoms. The minimum Gasteiger partial charge on any atom is -0.328 e. The van der Waals surface area contributed by atoms with E-state index in [-0.39, 0.29) is 4.90 Å². The Morgan fingerprint density at radius 2 is 1.63 bits per heavy atom. The number of carbonyl (C=O) groups is 1. The topological polar surface area (TPSA) is 80.5 Å². The first kappa shape index (κ1) is 18.8. The van der Waals surface area contributed by atoms with E-state index in [1.54, 1.807) is 6.07 Å². The van der Waals surface area contributed by atoms with E-state index in [9.17, 15) is 13.2 Å². The summed E-state index contributed by atoms with van der Waals surface area (Å²) in [5, 5.41) is 0. The molecule has 0 aliphatic rings. The molecule has 0 fully saturated rings. The van der Waals surface area contributed by atoms with E-state index in [2.05, 4.69) is 9.71 Å². The summed E-state index contributed by atoms with van der Waals surface area (Å²) in [5.74, 6) is -0.434. The van der Waals surface area contributed by atoms with Gasteiger partial charge in [0.2, 0.25) is 10.0 Å². The minimum atomic E-state index is -3.54. The van der Waals surface area contributed by atoms with Gasteiger partial charge in [0.15, 0.2) is 0 Å². The SMILES string of the molecule is CNS(=O)(=O)c1ccc(C(=O)N=c2ccccn2Cc2ccccc2)cc1. The van der Waals surface area contributed by atoms with Gasteiger partial charge in [-0.05, 0) is 49.0 Å². The highest BCUT2D eigenvalue weighted by molar-refractivity contribution is 7.89. The van der Waals surface area contributed by atoms with Crippen molar-refractivity contribution in [3.8, 4) is 0 Å². The molecule has 2 aromatic carbocycles. The number of benzene rings is 2. The molecule has 3 aromatic rings. The van der Waals surface area contributed by atoms with E-state index in [1.807, 2.05) is 53.2 Å². The second kappa shape index (κ2) is 8.11. The van der Waals surface area contributed by atoms with Crippen molar-refractivity contribution in [3.63, 3.8) is 0 Å². The Kier molecular flexibility index (Phi) is 5.63. The average Bonchev–Trinajstić information content (AvgIpc) is 2.70. The lowest BCUT2D eigenvalue weighted by atomic mass is 10.2. The minimum absolute atomic E-state index is 0.0976. The van der Waals surface area contributed by atoms with Crippen molar-refractivity contribution in [2.75, 3.05) is 7.05 Å². The summed E-state index contributed by atoms with van der Waals surface area (Å²) in [4.78, 5) is 16.8. The largest absolute Gasteiger partial charge is 0.328 e. The van der Waals surface area contributed by atoms with Gasteiger partial charge in [0.05, 0.1) is 4.90 Å². The van der Waals surface area contributed by atoms with Gasteiger partial charge in [0.1, 0.15) is 5.49 Å². The van der Waals surface area contributed by atoms with E-state index in [0.29, 0.717) is 17.6 Å². The van der Waals surface area contributed by atoms with Gasteiger partial charge in [-0.2, -0.15) is 4.99 Å². The highest BCUT2D eigenvalue weighted by atomic mass is 32.2. The number of pyridine rings is 1. The third kappa shape index (κ3) is 4.58. The third-order valence-corrected chi connectivity index (χ3v) is 5.44. The lowest BCUT2D eigenvalue weighted by Crippen LogP contribution is -2.22. The van der Waals surface area contributed by atoms with Gasteiger partial charge in [-0.3, -0.25) is 4.79 Å². The van der Waals surface area contributed by atoms with Gasteiger partial charge < -0.3 is 4.57 Å². The molecule has 0 spiro atoms. The fourth-order valence-electron chi connectivity index (χ4n) is 2.55. The summed E-state index contributed by atoms with van der Waals surface area (Å²) in [7, 11) is -2.20. The number of aromatic nitrogens is 1. The summed E-state index contributed by atoms with van der Waals surface area (Å²) in [6, 6.07) is 21.0. The maximum atomic E-state index is 12.5. The van der Waals surface area contributed by atoms with Crippen molar-refractivity contribution in [2.45, 2.75) is 11.4 Å². The molecule has 7 heteroatoms. The molecule has 0 unspecified atom stereocenters. The van der Waals surface area contributed by atoms with E-state index < -0.39 is 15.9 Å². The molecule has 0 saturated heterocycles. The predicted molar refractivity (Wildman–Crippen MR) is 103 cm³/mol. The van der Waals surface area contributed by atoms with Crippen LogP contribution >= 0.6 is 0 Å². The third-order valence-electron chi connectivity index (χ3n) is 4.01. The molecule has 1 amide bonds. The van der Waals surface area contributed by atoms with Crippen molar-refractivity contribution in [2.24, 2.45) is 4.99 Å². The quantitative estimate of drug-likeness (QED) is 0.736. The van der Waals surface area contributed by atoms with Crippen molar-refractivity contribution >= 4 is 15.9 Å². The van der Waals surface area contributed by atoms with Gasteiger partial charge in [-0.1, -0.05) is 36.4 Å². The van der Waals surface area contributed by atoms with Gasteiger partial charge in [0, 0.05) is 18.3 Å². The Hall–Kier alpha value is -3.03. The van der Waals surface area contributed by atoms with Crippen LogP contribution in [0.2, 0.25) is 0 Å². The van der Waals surface area contributed by atoms with Crippen molar-refractivity contribution < 1.29 is 13.2 Å². The van der Waals surface area contributed by atoms with Gasteiger partial charge >= 0.3 is 0 Å². The predicted octanol–water partition coefficient (Wildman–Crippen LogP) is 2.19. The highest BCUT2D eigenvalue weighted by Crippen LogP contribution is 2.11. The molecule has 1 heterocycles. The summed E-state index contributed by atoms with van der Waals surface area (Å²) in [5.41, 5.74) is 1.94. The molecule has 3 rings (SSSR count). The van der Waals surface area contributed by atoms with Crippen LogP contribution in [-0.4, -0.2) is 25.9 Å². The molecule has 138 valence electrons. The fourth-order valence-corrected chi connectivity index (χ4v) is 3.28. The zero-order valence-corrected chi connectivity index (χ0v) is 15.6. The standard InChI is InChI=1S/C20H19N3O3S/c1-21-27(25,26)18-12-10-17(11-13-18)20(24)22-19-9-5-6-14-23(19)15-16-7-3-2-4-8-16/h2-14,21H,15H2,1H3. The van der Waals surface area contributed by atoms with E-state index >= 15 is 0 Å². The zero-order chi connectivity index (χ0) is 19.3. The number of hydrogen-bond donors (Lipinski definition) is 1. The lowest BCUT2D eigenvalue weighted by molar-refractivity contribution is 0.0997. The number of carbonyl (C=O) groups excluding carboxylic acids is 1. The Morgan fingerprint density at radius 1 is 0.963 bits per heavy atom. The van der Waals surface area contributed by atoms with Crippen molar-refractivity contribution in [1.82, 2.24) is 9.29 Å². The van der Waals surface area contributed by atoms with Gasteiger partial charge in [-0.25, -0.2) is 13.1 Å². The normalized spacial score (nSPS) is 12.1. The monoisotopic (exact) mass is 381 g/mol. The Morgan fingerprint density at radius 3 is 2.30 bits per heavy atom. The zero-order valence-electron chi connectivity index (χ0n) is 14.7. The van der Waals surface area contributed by atoms with Crippen LogP contribution in [0.3, 0.4) is 0 Å². The molecule has 0 aliphatic carbocycles. The molecule has 27 heavy (non-hydrogen) atoms. The number of rotatable bonds is 5. The van der Waals surface area contributed by atoms with Crippen molar-refractivity contribution in [1.29, 1.82) is 0 Å². The maximum Gasteiger partial charge on any atom is 0.278 e. The second-order valence-electron chi connectivity index (χ2n) is 5.82. The van der Waals surface area contributed by atoms with Crippen LogP contribution in [0.15, 0.2) is 88.9 Å². The first-order chi connectivity index (χ1) is 13.0. The molecule has 0 aliphatic heterocycles. The summed E-state index contributed by atoms with van der Waals surface area (Å²) in [6.07, 6.45) is 1.86. The highest BCUT2D eigenvalue weighted by Gasteiger charge is 2.12. The number of nitrogens with one attached hydrogen (secondary N) is 1. The van der Waals surface area contributed by atoms with E-state index in [0.717, 1.165) is 5.56 Å². The summed E-state index contributed by atoms with van der Waals surface area (Å²) in [6.45, 7) is 0.590. The summed E-state index contributed by atoms with van der Waals surface area (Å²) < 4.78 is 27.7. The first-order valence-electron chi connectivity index (χ1n) is 8.32. The molecule has 1 N–H and O–H groups in total. The first-order valence-corrected chi connectivity index (χ1v) is 9.80. The van der Waals surface area contributed by atoms with Crippen LogP contribution < -0.4 is 10.2 Å². The molecular formula is C20H19N3O3S. The molecule has 0 atom stereocenters. The Bertz CT molecular complexity index is 1100. The number of sulfonamides is 1. The molecule has 0 radical (unpaired) electrons. The maximum absolute atomic E-state index is 12.5. The number of hydrogen-bond acceptors (Lipinski definition) is 3. The van der Waals surface area contributed by atoms with Crippen LogP contribution in [0, 0.1) is 0 Å². The smallest absolute Gasteiger partial charge is 0.278 e. The summed E-state index contributed by atoms with van der Waals surface area (Å²) >= 11 is 0. The number of nitrogens with zero attached hydrogens (tertiary/aromatic N) is 2.